The van der Waals surface area contributed by atoms with Crippen molar-refractivity contribution >= 4 is 28.8 Å². The van der Waals surface area contributed by atoms with Crippen LogP contribution >= 0.6 is 22.9 Å². The summed E-state index contributed by atoms with van der Waals surface area (Å²) in [6, 6.07) is 16.4. The Bertz CT molecular complexity index is 820. The smallest absolute Gasteiger partial charge is 0.258 e. The average Bonchev–Trinajstić information content (AvgIpc) is 3.14. The predicted octanol–water partition coefficient (Wildman–Crippen LogP) is 4.83. The van der Waals surface area contributed by atoms with Gasteiger partial charge in [0.2, 0.25) is 0 Å². The molecule has 2 aromatic carbocycles. The first-order valence-corrected chi connectivity index (χ1v) is 8.84. The second-order valence-corrected chi connectivity index (χ2v) is 6.73. The minimum absolute atomic E-state index is 0.120. The molecule has 6 heteroatoms. The molecule has 1 aromatic heterocycles. The fourth-order valence-electron chi connectivity index (χ4n) is 2.31. The van der Waals surface area contributed by atoms with Crippen LogP contribution in [0.2, 0.25) is 5.02 Å². The van der Waals surface area contributed by atoms with Crippen LogP contribution in [0, 0.1) is 5.82 Å². The second-order valence-electron chi connectivity index (χ2n) is 5.31. The molecule has 1 heterocycles. The third-order valence-electron chi connectivity index (χ3n) is 3.52. The van der Waals surface area contributed by atoms with Crippen molar-refractivity contribution in [2.45, 2.75) is 6.04 Å². The quantitative estimate of drug-likeness (QED) is 0.670. The van der Waals surface area contributed by atoms with Crippen molar-refractivity contribution < 1.29 is 13.9 Å². The minimum atomic E-state index is -0.345. The summed E-state index contributed by atoms with van der Waals surface area (Å²) in [6.45, 7) is -0.120. The Morgan fingerprint density at radius 2 is 1.84 bits per heavy atom. The molecule has 0 aliphatic heterocycles. The first kappa shape index (κ1) is 17.5. The Morgan fingerprint density at radius 1 is 1.12 bits per heavy atom. The number of hydrogen-bond acceptors (Lipinski definition) is 3. The normalized spacial score (nSPS) is 11.8. The standard InChI is InChI=1S/C19H15ClFNO2S/c20-14-5-9-16(10-6-14)24-12-18(23)22-19(17-2-1-11-25-17)13-3-7-15(21)8-4-13/h1-11,19H,12H2,(H,22,23)/t19-/m1/s1. The molecule has 3 nitrogen and oxygen atoms in total. The summed E-state index contributed by atoms with van der Waals surface area (Å²) in [4.78, 5) is 13.3. The lowest BCUT2D eigenvalue weighted by Crippen LogP contribution is -2.32. The van der Waals surface area contributed by atoms with E-state index in [1.54, 1.807) is 36.4 Å². The van der Waals surface area contributed by atoms with Gasteiger partial charge in [0.25, 0.3) is 5.91 Å². The zero-order valence-electron chi connectivity index (χ0n) is 13.1. The molecule has 0 saturated heterocycles. The van der Waals surface area contributed by atoms with Crippen LogP contribution < -0.4 is 10.1 Å². The Labute approximate surface area is 154 Å². The fraction of sp³-hybridized carbons (Fsp3) is 0.105. The minimum Gasteiger partial charge on any atom is -0.484 e. The van der Waals surface area contributed by atoms with Crippen LogP contribution in [0.15, 0.2) is 66.0 Å². The van der Waals surface area contributed by atoms with E-state index in [1.165, 1.54) is 23.5 Å². The number of ether oxygens (including phenoxy) is 1. The van der Waals surface area contributed by atoms with Gasteiger partial charge in [0.1, 0.15) is 11.6 Å². The van der Waals surface area contributed by atoms with Crippen LogP contribution in [0.25, 0.3) is 0 Å². The molecular weight excluding hydrogens is 361 g/mol. The van der Waals surface area contributed by atoms with Gasteiger partial charge in [0.15, 0.2) is 6.61 Å². The molecule has 25 heavy (non-hydrogen) atoms. The first-order valence-electron chi connectivity index (χ1n) is 7.58. The van der Waals surface area contributed by atoms with E-state index in [0.29, 0.717) is 10.8 Å². The number of amides is 1. The topological polar surface area (TPSA) is 38.3 Å². The van der Waals surface area contributed by atoms with Crippen molar-refractivity contribution in [3.8, 4) is 5.75 Å². The summed E-state index contributed by atoms with van der Waals surface area (Å²) in [6.07, 6.45) is 0. The Morgan fingerprint density at radius 3 is 2.48 bits per heavy atom. The van der Waals surface area contributed by atoms with Crippen LogP contribution in [0.1, 0.15) is 16.5 Å². The van der Waals surface area contributed by atoms with Crippen LogP contribution in [-0.4, -0.2) is 12.5 Å². The third kappa shape index (κ3) is 4.81. The molecule has 3 rings (SSSR count). The van der Waals surface area contributed by atoms with Gasteiger partial charge in [-0.15, -0.1) is 11.3 Å². The Kier molecular flexibility index (Phi) is 5.68. The van der Waals surface area contributed by atoms with Crippen molar-refractivity contribution in [1.82, 2.24) is 5.32 Å². The van der Waals surface area contributed by atoms with Crippen molar-refractivity contribution in [1.29, 1.82) is 0 Å². The first-order chi connectivity index (χ1) is 12.1. The maximum Gasteiger partial charge on any atom is 0.258 e. The highest BCUT2D eigenvalue weighted by Crippen LogP contribution is 2.26. The maximum absolute atomic E-state index is 13.2. The molecule has 0 aliphatic rings. The van der Waals surface area contributed by atoms with Gasteiger partial charge in [-0.25, -0.2) is 4.39 Å². The van der Waals surface area contributed by atoms with Gasteiger partial charge < -0.3 is 10.1 Å². The highest BCUT2D eigenvalue weighted by molar-refractivity contribution is 7.10. The number of hydrogen-bond donors (Lipinski definition) is 1. The molecule has 0 bridgehead atoms. The summed E-state index contributed by atoms with van der Waals surface area (Å²) in [5.74, 6) is -0.0160. The largest absolute Gasteiger partial charge is 0.484 e. The zero-order valence-corrected chi connectivity index (χ0v) is 14.7. The van der Waals surface area contributed by atoms with Crippen molar-refractivity contribution in [3.63, 3.8) is 0 Å². The summed E-state index contributed by atoms with van der Waals surface area (Å²) in [5.41, 5.74) is 0.809. The summed E-state index contributed by atoms with van der Waals surface area (Å²) in [5, 5.41) is 5.47. The highest BCUT2D eigenvalue weighted by Gasteiger charge is 2.18. The van der Waals surface area contributed by atoms with Crippen LogP contribution in [-0.2, 0) is 4.79 Å². The number of nitrogens with one attached hydrogen (secondary N) is 1. The Hall–Kier alpha value is -2.37. The molecule has 1 N–H and O–H groups in total. The molecular formula is C19H15ClFNO2S. The predicted molar refractivity (Wildman–Crippen MR) is 97.7 cm³/mol. The van der Waals surface area contributed by atoms with Crippen molar-refractivity contribution in [2.24, 2.45) is 0 Å². The van der Waals surface area contributed by atoms with Crippen LogP contribution in [0.3, 0.4) is 0 Å². The fourth-order valence-corrected chi connectivity index (χ4v) is 3.24. The number of carbonyl (C=O) groups excluding carboxylic acids is 1. The van der Waals surface area contributed by atoms with Crippen LogP contribution in [0.5, 0.6) is 5.75 Å². The third-order valence-corrected chi connectivity index (χ3v) is 4.71. The molecule has 0 unspecified atom stereocenters. The zero-order chi connectivity index (χ0) is 17.6. The van der Waals surface area contributed by atoms with Crippen LogP contribution in [0.4, 0.5) is 4.39 Å². The number of carbonyl (C=O) groups is 1. The molecule has 1 amide bonds. The van der Waals surface area contributed by atoms with Gasteiger partial charge in [-0.05, 0) is 53.4 Å². The van der Waals surface area contributed by atoms with E-state index in [1.807, 2.05) is 17.5 Å². The summed E-state index contributed by atoms with van der Waals surface area (Å²) < 4.78 is 18.6. The average molecular weight is 376 g/mol. The van der Waals surface area contributed by atoms with E-state index < -0.39 is 0 Å². The molecule has 0 fully saturated rings. The molecule has 1 atom stereocenters. The van der Waals surface area contributed by atoms with E-state index in [4.69, 9.17) is 16.3 Å². The molecule has 0 saturated carbocycles. The van der Waals surface area contributed by atoms with E-state index >= 15 is 0 Å². The van der Waals surface area contributed by atoms with Crippen molar-refractivity contribution in [2.75, 3.05) is 6.61 Å². The lowest BCUT2D eigenvalue weighted by Gasteiger charge is -2.18. The van der Waals surface area contributed by atoms with Gasteiger partial charge >= 0.3 is 0 Å². The summed E-state index contributed by atoms with van der Waals surface area (Å²) >= 11 is 7.34. The monoisotopic (exact) mass is 375 g/mol. The van der Waals surface area contributed by atoms with E-state index in [2.05, 4.69) is 5.32 Å². The van der Waals surface area contributed by atoms with E-state index in [-0.39, 0.29) is 24.4 Å². The molecule has 0 radical (unpaired) electrons. The number of halogens is 2. The summed E-state index contributed by atoms with van der Waals surface area (Å²) in [7, 11) is 0. The highest BCUT2D eigenvalue weighted by atomic mass is 35.5. The maximum atomic E-state index is 13.2. The van der Waals surface area contributed by atoms with Gasteiger partial charge in [0.05, 0.1) is 6.04 Å². The number of thiophene rings is 1. The van der Waals surface area contributed by atoms with Gasteiger partial charge in [-0.1, -0.05) is 29.8 Å². The lowest BCUT2D eigenvalue weighted by molar-refractivity contribution is -0.123. The number of rotatable bonds is 6. The van der Waals surface area contributed by atoms with E-state index in [0.717, 1.165) is 10.4 Å². The number of benzene rings is 2. The van der Waals surface area contributed by atoms with Crippen molar-refractivity contribution in [3.05, 3.63) is 87.3 Å². The molecule has 128 valence electrons. The molecule has 0 spiro atoms. The lowest BCUT2D eigenvalue weighted by atomic mass is 10.1. The Balaban J connectivity index is 1.68. The SMILES string of the molecule is O=C(COc1ccc(Cl)cc1)N[C@H](c1ccc(F)cc1)c1cccs1. The van der Waals surface area contributed by atoms with Gasteiger partial charge in [-0.3, -0.25) is 4.79 Å². The second kappa shape index (κ2) is 8.14. The van der Waals surface area contributed by atoms with Gasteiger partial charge in [0, 0.05) is 9.90 Å². The molecule has 3 aromatic rings. The van der Waals surface area contributed by atoms with Gasteiger partial charge in [-0.2, -0.15) is 0 Å². The van der Waals surface area contributed by atoms with E-state index in [9.17, 15) is 9.18 Å². The molecule has 0 aliphatic carbocycles.